The van der Waals surface area contributed by atoms with E-state index in [1.807, 2.05) is 12.4 Å². The topological polar surface area (TPSA) is 25.4 Å². The summed E-state index contributed by atoms with van der Waals surface area (Å²) < 4.78 is 5.39. The van der Waals surface area contributed by atoms with Crippen molar-refractivity contribution in [1.82, 2.24) is 9.88 Å². The predicted octanol–water partition coefficient (Wildman–Crippen LogP) is 3.01. The van der Waals surface area contributed by atoms with Crippen LogP contribution in [0, 0.1) is 0 Å². The van der Waals surface area contributed by atoms with E-state index in [9.17, 15) is 0 Å². The summed E-state index contributed by atoms with van der Waals surface area (Å²) >= 11 is 0. The van der Waals surface area contributed by atoms with Gasteiger partial charge in [-0.15, -0.1) is 0 Å². The summed E-state index contributed by atoms with van der Waals surface area (Å²) in [7, 11) is 0. The van der Waals surface area contributed by atoms with Crippen molar-refractivity contribution in [1.29, 1.82) is 0 Å². The second-order valence-electron chi connectivity index (χ2n) is 5.45. The van der Waals surface area contributed by atoms with E-state index in [2.05, 4.69) is 46.3 Å². The van der Waals surface area contributed by atoms with Crippen LogP contribution in [0.3, 0.4) is 0 Å². The largest absolute Gasteiger partial charge is 0.379 e. The third-order valence-electron chi connectivity index (χ3n) is 4.03. The molecule has 3 rings (SSSR count). The number of nitrogens with zero attached hydrogens (tertiary/aromatic N) is 2. The Morgan fingerprint density at radius 3 is 2.57 bits per heavy atom. The van der Waals surface area contributed by atoms with Gasteiger partial charge in [0.1, 0.15) is 0 Å². The van der Waals surface area contributed by atoms with Crippen LogP contribution >= 0.6 is 0 Å². The summed E-state index contributed by atoms with van der Waals surface area (Å²) in [6.07, 6.45) is 6.04. The first-order chi connectivity index (χ1) is 10.4. The summed E-state index contributed by atoms with van der Waals surface area (Å²) in [6.45, 7) is 5.08. The molecule has 0 amide bonds. The quantitative estimate of drug-likeness (QED) is 0.843. The second-order valence-corrected chi connectivity index (χ2v) is 5.45. The molecule has 0 aliphatic carbocycles. The van der Waals surface area contributed by atoms with Crippen LogP contribution in [0.15, 0.2) is 48.8 Å². The fourth-order valence-corrected chi connectivity index (χ4v) is 2.87. The van der Waals surface area contributed by atoms with Gasteiger partial charge >= 0.3 is 0 Å². The van der Waals surface area contributed by atoms with Gasteiger partial charge < -0.3 is 4.74 Å². The molecular weight excluding hydrogens is 260 g/mol. The molecule has 0 unspecified atom stereocenters. The van der Waals surface area contributed by atoms with Crippen molar-refractivity contribution in [3.8, 4) is 11.1 Å². The summed E-state index contributed by atoms with van der Waals surface area (Å²) in [5.41, 5.74) is 4.02. The summed E-state index contributed by atoms with van der Waals surface area (Å²) in [4.78, 5) is 6.60. The highest BCUT2D eigenvalue weighted by Crippen LogP contribution is 2.24. The van der Waals surface area contributed by atoms with Gasteiger partial charge in [-0.2, -0.15) is 0 Å². The Kier molecular flexibility index (Phi) is 4.98. The van der Waals surface area contributed by atoms with Gasteiger partial charge in [-0.25, -0.2) is 0 Å². The first-order valence-electron chi connectivity index (χ1n) is 7.72. The number of ether oxygens (including phenoxy) is 1. The lowest BCUT2D eigenvalue weighted by molar-refractivity contribution is 0.0375. The lowest BCUT2D eigenvalue weighted by atomic mass is 9.97. The monoisotopic (exact) mass is 282 g/mol. The van der Waals surface area contributed by atoms with Gasteiger partial charge in [-0.3, -0.25) is 9.88 Å². The van der Waals surface area contributed by atoms with Gasteiger partial charge in [0.25, 0.3) is 0 Å². The lowest BCUT2D eigenvalue weighted by Gasteiger charge is -2.26. The van der Waals surface area contributed by atoms with Crippen molar-refractivity contribution in [2.24, 2.45) is 0 Å². The van der Waals surface area contributed by atoms with Crippen molar-refractivity contribution >= 4 is 0 Å². The van der Waals surface area contributed by atoms with Crippen LogP contribution in [0.25, 0.3) is 11.1 Å². The van der Waals surface area contributed by atoms with E-state index in [0.717, 1.165) is 39.3 Å². The zero-order valence-electron chi connectivity index (χ0n) is 12.4. The molecule has 3 nitrogen and oxygen atoms in total. The van der Waals surface area contributed by atoms with Crippen molar-refractivity contribution in [2.45, 2.75) is 12.8 Å². The van der Waals surface area contributed by atoms with E-state index in [4.69, 9.17) is 4.74 Å². The molecule has 1 saturated heterocycles. The first kappa shape index (κ1) is 14.2. The fourth-order valence-electron chi connectivity index (χ4n) is 2.87. The molecule has 0 bridgehead atoms. The maximum absolute atomic E-state index is 5.39. The Labute approximate surface area is 126 Å². The van der Waals surface area contributed by atoms with E-state index < -0.39 is 0 Å². The molecule has 0 spiro atoms. The van der Waals surface area contributed by atoms with Gasteiger partial charge in [-0.05, 0) is 48.2 Å². The second kappa shape index (κ2) is 7.34. The van der Waals surface area contributed by atoms with Crippen LogP contribution in [-0.4, -0.2) is 42.7 Å². The molecule has 1 aliphatic heterocycles. The van der Waals surface area contributed by atoms with E-state index in [1.165, 1.54) is 23.1 Å². The van der Waals surface area contributed by atoms with Gasteiger partial charge in [0.2, 0.25) is 0 Å². The van der Waals surface area contributed by atoms with Gasteiger partial charge in [-0.1, -0.05) is 24.3 Å². The van der Waals surface area contributed by atoms with Crippen molar-refractivity contribution < 1.29 is 4.74 Å². The van der Waals surface area contributed by atoms with Crippen LogP contribution < -0.4 is 0 Å². The number of aryl methyl sites for hydroxylation is 1. The SMILES string of the molecule is c1ccc(-c2ccncc2)c(CCCN2CCOCC2)c1. The fraction of sp³-hybridized carbons (Fsp3) is 0.389. The summed E-state index contributed by atoms with van der Waals surface area (Å²) in [5, 5.41) is 0. The maximum Gasteiger partial charge on any atom is 0.0594 e. The predicted molar refractivity (Wildman–Crippen MR) is 85.3 cm³/mol. The number of hydrogen-bond donors (Lipinski definition) is 0. The molecule has 0 N–H and O–H groups in total. The third-order valence-corrected chi connectivity index (χ3v) is 4.03. The summed E-state index contributed by atoms with van der Waals surface area (Å²) in [6, 6.07) is 12.9. The standard InChI is InChI=1S/C18H22N2O/c1-2-6-18(17-7-9-19-10-8-17)16(4-1)5-3-11-20-12-14-21-15-13-20/h1-2,4,6-10H,3,5,11-15H2. The molecule has 1 aromatic heterocycles. The Morgan fingerprint density at radius 2 is 1.76 bits per heavy atom. The molecule has 0 radical (unpaired) electrons. The minimum Gasteiger partial charge on any atom is -0.379 e. The average Bonchev–Trinajstić information content (AvgIpc) is 2.57. The average molecular weight is 282 g/mol. The van der Waals surface area contributed by atoms with Crippen LogP contribution in [0.2, 0.25) is 0 Å². The van der Waals surface area contributed by atoms with Crippen LogP contribution in [0.4, 0.5) is 0 Å². The molecule has 2 heterocycles. The van der Waals surface area contributed by atoms with Crippen LogP contribution in [0.1, 0.15) is 12.0 Å². The third kappa shape index (κ3) is 3.90. The maximum atomic E-state index is 5.39. The van der Waals surface area contributed by atoms with Gasteiger partial charge in [0.15, 0.2) is 0 Å². The Morgan fingerprint density at radius 1 is 1.00 bits per heavy atom. The van der Waals surface area contributed by atoms with E-state index >= 15 is 0 Å². The number of hydrogen-bond acceptors (Lipinski definition) is 3. The molecule has 1 aliphatic rings. The number of benzene rings is 1. The minimum absolute atomic E-state index is 0.883. The smallest absolute Gasteiger partial charge is 0.0594 e. The Balaban J connectivity index is 1.63. The molecule has 0 atom stereocenters. The normalized spacial score (nSPS) is 16.0. The molecule has 21 heavy (non-hydrogen) atoms. The molecular formula is C18H22N2O. The van der Waals surface area contributed by atoms with E-state index in [1.54, 1.807) is 0 Å². The van der Waals surface area contributed by atoms with Crippen molar-refractivity contribution in [3.05, 3.63) is 54.4 Å². The zero-order chi connectivity index (χ0) is 14.3. The van der Waals surface area contributed by atoms with E-state index in [0.29, 0.717) is 0 Å². The highest BCUT2D eigenvalue weighted by molar-refractivity contribution is 5.66. The highest BCUT2D eigenvalue weighted by atomic mass is 16.5. The van der Waals surface area contributed by atoms with Crippen molar-refractivity contribution in [3.63, 3.8) is 0 Å². The highest BCUT2D eigenvalue weighted by Gasteiger charge is 2.10. The van der Waals surface area contributed by atoms with Gasteiger partial charge in [0, 0.05) is 25.5 Å². The minimum atomic E-state index is 0.883. The van der Waals surface area contributed by atoms with E-state index in [-0.39, 0.29) is 0 Å². The molecule has 1 aromatic carbocycles. The van der Waals surface area contributed by atoms with Gasteiger partial charge in [0.05, 0.1) is 13.2 Å². The Hall–Kier alpha value is -1.71. The Bertz CT molecular complexity index is 550. The molecule has 3 heteroatoms. The zero-order valence-corrected chi connectivity index (χ0v) is 12.4. The number of pyridine rings is 1. The number of morpholine rings is 1. The van der Waals surface area contributed by atoms with Crippen LogP contribution in [-0.2, 0) is 11.2 Å². The lowest BCUT2D eigenvalue weighted by Crippen LogP contribution is -2.36. The summed E-state index contributed by atoms with van der Waals surface area (Å²) in [5.74, 6) is 0. The molecule has 1 fully saturated rings. The molecule has 0 saturated carbocycles. The van der Waals surface area contributed by atoms with Crippen LogP contribution in [0.5, 0.6) is 0 Å². The molecule has 110 valence electrons. The molecule has 2 aromatic rings. The van der Waals surface area contributed by atoms with Crippen molar-refractivity contribution in [2.75, 3.05) is 32.8 Å². The number of rotatable bonds is 5. The number of aromatic nitrogens is 1. The first-order valence-corrected chi connectivity index (χ1v) is 7.72.